The summed E-state index contributed by atoms with van der Waals surface area (Å²) >= 11 is 0. The van der Waals surface area contributed by atoms with Crippen LogP contribution in [0.5, 0.6) is 11.5 Å². The molecule has 0 aliphatic heterocycles. The molecule has 0 N–H and O–H groups in total. The predicted octanol–water partition coefficient (Wildman–Crippen LogP) is 8.71. The molecule has 1 atom stereocenters. The van der Waals surface area contributed by atoms with E-state index in [1.165, 1.54) is 0 Å². The van der Waals surface area contributed by atoms with E-state index in [0.29, 0.717) is 16.8 Å². The van der Waals surface area contributed by atoms with Crippen molar-refractivity contribution in [3.63, 3.8) is 0 Å². The van der Waals surface area contributed by atoms with Crippen LogP contribution in [-0.4, -0.2) is 0 Å². The van der Waals surface area contributed by atoms with Gasteiger partial charge in [-0.2, -0.15) is 0 Å². The van der Waals surface area contributed by atoms with Crippen molar-refractivity contribution in [2.45, 2.75) is 12.6 Å². The quantitative estimate of drug-likeness (QED) is 0.160. The molecule has 0 aromatic heterocycles. The van der Waals surface area contributed by atoms with Gasteiger partial charge < -0.3 is 13.9 Å². The van der Waals surface area contributed by atoms with Gasteiger partial charge in [0.1, 0.15) is 18.6 Å². The first kappa shape index (κ1) is 28.7. The zero-order valence-corrected chi connectivity index (χ0v) is 25.5. The summed E-state index contributed by atoms with van der Waals surface area (Å²) in [5.74, 6) is 1.10. The lowest BCUT2D eigenvalue weighted by atomic mass is 10.2. The first-order chi connectivity index (χ1) is 21.1. The summed E-state index contributed by atoms with van der Waals surface area (Å²) in [6.45, 7) is 0. The van der Waals surface area contributed by atoms with Crippen LogP contribution in [0.4, 0.5) is 0 Å². The number of hydrogen-bond acceptors (Lipinski definition) is 3. The van der Waals surface area contributed by atoms with E-state index < -0.39 is 14.3 Å². The van der Waals surface area contributed by atoms with E-state index in [9.17, 15) is 4.57 Å². The molecule has 5 aromatic carbocycles. The van der Waals surface area contributed by atoms with Crippen LogP contribution >= 0.6 is 14.3 Å². The summed E-state index contributed by atoms with van der Waals surface area (Å²) in [7, 11) is -6.37. The highest BCUT2D eigenvalue weighted by Crippen LogP contribution is 2.55. The van der Waals surface area contributed by atoms with Gasteiger partial charge in [0.15, 0.2) is 7.14 Å². The van der Waals surface area contributed by atoms with Crippen molar-refractivity contribution in [3.8, 4) is 11.5 Å². The number of benzene rings is 5. The molecule has 0 bridgehead atoms. The van der Waals surface area contributed by atoms with Gasteiger partial charge in [0.2, 0.25) is 0 Å². The largest absolute Gasteiger partial charge is 0.456 e. The molecule has 0 fully saturated rings. The van der Waals surface area contributed by atoms with E-state index in [0.717, 1.165) is 33.2 Å². The van der Waals surface area contributed by atoms with Crippen molar-refractivity contribution in [1.82, 2.24) is 0 Å². The van der Waals surface area contributed by atoms with Gasteiger partial charge in [0.25, 0.3) is 0 Å². The highest BCUT2D eigenvalue weighted by Gasteiger charge is 2.34. The third-order valence-electron chi connectivity index (χ3n) is 7.58. The number of hydrogen-bond donors (Lipinski definition) is 0. The summed E-state index contributed by atoms with van der Waals surface area (Å²) in [5, 5.41) is 3.70. The van der Waals surface area contributed by atoms with Gasteiger partial charge in [0, 0.05) is 33.0 Å². The fourth-order valence-electron chi connectivity index (χ4n) is 5.41. The van der Waals surface area contributed by atoms with E-state index in [4.69, 9.17) is 4.74 Å². The molecule has 212 valence electrons. The minimum atomic E-state index is -3.31. The second-order valence-electron chi connectivity index (χ2n) is 10.3. The highest BCUT2D eigenvalue weighted by molar-refractivity contribution is 7.82. The molecule has 0 spiro atoms. The van der Waals surface area contributed by atoms with Crippen molar-refractivity contribution >= 4 is 35.5 Å². The second-order valence-corrected chi connectivity index (χ2v) is 15.9. The molecule has 5 heteroatoms. The Hall–Kier alpha value is -4.42. The molecule has 0 heterocycles. The molecule has 0 saturated heterocycles. The first-order valence-electron chi connectivity index (χ1n) is 14.3. The van der Waals surface area contributed by atoms with E-state index in [1.807, 2.05) is 164 Å². The molecular weight excluding hydrogens is 566 g/mol. The second kappa shape index (κ2) is 12.8. The van der Waals surface area contributed by atoms with Crippen LogP contribution in [0.2, 0.25) is 0 Å². The topological polar surface area (TPSA) is 43.4 Å². The van der Waals surface area contributed by atoms with E-state index in [1.54, 1.807) is 0 Å². The molecule has 0 saturated carbocycles. The Balaban J connectivity index is 1.45. The molecule has 3 nitrogen and oxygen atoms in total. The van der Waals surface area contributed by atoms with Gasteiger partial charge >= 0.3 is 0 Å². The monoisotopic (exact) mass is 598 g/mol. The minimum absolute atomic E-state index is 0.286. The van der Waals surface area contributed by atoms with Crippen molar-refractivity contribution in [1.29, 1.82) is 0 Å². The van der Waals surface area contributed by atoms with Gasteiger partial charge in [-0.3, -0.25) is 0 Å². The maximum atomic E-state index is 15.3. The lowest BCUT2D eigenvalue weighted by Crippen LogP contribution is -2.19. The van der Waals surface area contributed by atoms with Crippen molar-refractivity contribution in [3.05, 3.63) is 181 Å². The Bertz CT molecular complexity index is 1850. The number of ether oxygens (including phenoxy) is 1. The average Bonchev–Trinajstić information content (AvgIpc) is 3.37. The summed E-state index contributed by atoms with van der Waals surface area (Å²) in [6.07, 6.45) is 11.0. The Kier molecular flexibility index (Phi) is 8.57. The van der Waals surface area contributed by atoms with Gasteiger partial charge in [-0.15, -0.1) is 0 Å². The van der Waals surface area contributed by atoms with Gasteiger partial charge in [-0.25, -0.2) is 0 Å². The maximum Gasteiger partial charge on any atom is 0.174 e. The fourth-order valence-corrected chi connectivity index (χ4v) is 10.9. The van der Waals surface area contributed by atoms with Crippen LogP contribution in [0.15, 0.2) is 175 Å². The van der Waals surface area contributed by atoms with Crippen LogP contribution in [-0.2, 0) is 15.3 Å². The van der Waals surface area contributed by atoms with Crippen LogP contribution in [0.1, 0.15) is 12.0 Å². The third kappa shape index (κ3) is 5.93. The minimum Gasteiger partial charge on any atom is -0.456 e. The van der Waals surface area contributed by atoms with E-state index in [-0.39, 0.29) is 6.16 Å². The normalized spacial score (nSPS) is 14.4. The average molecular weight is 599 g/mol. The SMILES string of the molecule is O=P(Cc1ccccc1Oc1ccccc1P(=O)(C1=CC=CCC=C1)c1ccccc1)(c1ccccc1)c1ccccc1. The molecule has 43 heavy (non-hydrogen) atoms. The van der Waals surface area contributed by atoms with E-state index in [2.05, 4.69) is 6.08 Å². The summed E-state index contributed by atoms with van der Waals surface area (Å²) < 4.78 is 36.9. The molecule has 6 rings (SSSR count). The standard InChI is InChI=1S/C38H32O3P2/c39-42(32-19-8-3-9-20-32,33-21-10-4-11-22-33)30-31-18-14-15-27-36(31)41-37-28-16-17-29-38(37)43(40,35-25-12-5-13-26-35)34-23-6-1-2-7-24-34/h1,3-29H,2,30H2. The smallest absolute Gasteiger partial charge is 0.174 e. The van der Waals surface area contributed by atoms with Crippen molar-refractivity contribution < 1.29 is 13.9 Å². The van der Waals surface area contributed by atoms with Crippen molar-refractivity contribution in [2.75, 3.05) is 0 Å². The Morgan fingerprint density at radius 2 is 1.09 bits per heavy atom. The van der Waals surface area contributed by atoms with Crippen LogP contribution < -0.4 is 26.0 Å². The highest BCUT2D eigenvalue weighted by atomic mass is 31.2. The molecule has 1 aliphatic rings. The summed E-state index contributed by atoms with van der Waals surface area (Å²) in [5.41, 5.74) is 0.819. The van der Waals surface area contributed by atoms with E-state index >= 15 is 4.57 Å². The lowest BCUT2D eigenvalue weighted by Gasteiger charge is -2.24. The van der Waals surface area contributed by atoms with Crippen LogP contribution in [0.3, 0.4) is 0 Å². The third-order valence-corrected chi connectivity index (χ3v) is 13.7. The zero-order chi connectivity index (χ0) is 29.5. The van der Waals surface area contributed by atoms with Gasteiger partial charge in [-0.05, 0) is 24.6 Å². The maximum absolute atomic E-state index is 15.3. The van der Waals surface area contributed by atoms with Gasteiger partial charge in [0.05, 0.1) is 5.30 Å². The summed E-state index contributed by atoms with van der Waals surface area (Å²) in [4.78, 5) is 0. The first-order valence-corrected chi connectivity index (χ1v) is 17.9. The Labute approximate surface area is 253 Å². The number of allylic oxidation sites excluding steroid dienone is 6. The van der Waals surface area contributed by atoms with Crippen LogP contribution in [0, 0.1) is 0 Å². The molecule has 0 radical (unpaired) electrons. The molecular formula is C38H32O3P2. The number of rotatable bonds is 9. The van der Waals surface area contributed by atoms with Crippen molar-refractivity contribution in [2.24, 2.45) is 0 Å². The molecule has 1 unspecified atom stereocenters. The molecule has 5 aromatic rings. The Morgan fingerprint density at radius 1 is 0.558 bits per heavy atom. The predicted molar refractivity (Wildman–Crippen MR) is 181 cm³/mol. The van der Waals surface area contributed by atoms with Crippen LogP contribution in [0.25, 0.3) is 0 Å². The zero-order valence-electron chi connectivity index (χ0n) is 23.7. The van der Waals surface area contributed by atoms with Gasteiger partial charge in [-0.1, -0.05) is 152 Å². The number of para-hydroxylation sites is 2. The molecule has 1 aliphatic carbocycles. The fraction of sp³-hybridized carbons (Fsp3) is 0.0526. The lowest BCUT2D eigenvalue weighted by molar-refractivity contribution is 0.481. The Morgan fingerprint density at radius 3 is 1.74 bits per heavy atom. The molecule has 0 amide bonds. The summed E-state index contributed by atoms with van der Waals surface area (Å²) in [6, 6.07) is 44.2.